The van der Waals surface area contributed by atoms with Crippen LogP contribution in [0.25, 0.3) is 0 Å². The molecule has 2 rings (SSSR count). The molecule has 2 aromatic carbocycles. The third kappa shape index (κ3) is 12.1. The van der Waals surface area contributed by atoms with Gasteiger partial charge in [0.1, 0.15) is 22.5 Å². The minimum Gasteiger partial charge on any atom is -0.379 e. The lowest BCUT2D eigenvalue weighted by atomic mass is 9.72. The van der Waals surface area contributed by atoms with Gasteiger partial charge in [-0.25, -0.2) is 0 Å². The number of amides is 1. The van der Waals surface area contributed by atoms with E-state index in [2.05, 4.69) is 5.32 Å². The molecule has 2 unspecified atom stereocenters. The van der Waals surface area contributed by atoms with Crippen LogP contribution in [0.4, 0.5) is 5.69 Å². The van der Waals surface area contributed by atoms with Gasteiger partial charge in [0.05, 0.1) is 34.8 Å². The van der Waals surface area contributed by atoms with E-state index in [-0.39, 0.29) is 34.3 Å². The Hall–Kier alpha value is -3.08. The number of rotatable bonds is 17. The Morgan fingerprint density at radius 2 is 1.36 bits per heavy atom. The molecule has 0 aliphatic rings. The second kappa shape index (κ2) is 15.9. The van der Waals surface area contributed by atoms with Crippen molar-refractivity contribution in [1.29, 1.82) is 0 Å². The van der Waals surface area contributed by atoms with Crippen LogP contribution in [0.5, 0.6) is 5.75 Å². The smallest absolute Gasteiger partial charge is 0.341 e. The Morgan fingerprint density at radius 3 is 1.94 bits per heavy atom. The molecular formula is C37H55NO8S. The number of unbranched alkanes of at least 4 members (excludes halogenated alkanes) is 1. The van der Waals surface area contributed by atoms with E-state index in [1.807, 2.05) is 69.2 Å². The van der Waals surface area contributed by atoms with E-state index >= 15 is 0 Å². The second-order valence-electron chi connectivity index (χ2n) is 15.1. The number of carbonyl (C=O) groups is 3. The summed E-state index contributed by atoms with van der Waals surface area (Å²) in [5.41, 5.74) is -2.89. The molecule has 0 spiro atoms. The van der Waals surface area contributed by atoms with E-state index < -0.39 is 50.3 Å². The number of anilines is 1. The Morgan fingerprint density at radius 1 is 0.787 bits per heavy atom. The zero-order chi connectivity index (χ0) is 35.8. The van der Waals surface area contributed by atoms with Gasteiger partial charge in [-0.3, -0.25) is 14.4 Å². The average Bonchev–Trinajstić information content (AvgIpc) is 2.93. The van der Waals surface area contributed by atoms with Gasteiger partial charge in [-0.1, -0.05) is 71.4 Å². The largest absolute Gasteiger partial charge is 0.379 e. The topological polar surface area (TPSA) is 125 Å². The standard InChI is InChI=1S/C37H55NO8S/c1-26(44-35(5,6)7)33(41)36(8,9)37(10,11)45-28(21-15-18-24-31(39)34(2,3)4)25-32(40)38-29-22-16-17-23-30(29)47(42,43)46-27-19-13-12-14-20-27/h12-14,16-17,19-20,22-23,26,28H,15,18,21,24-25H2,1-11H3,(H,38,40). The third-order valence-corrected chi connectivity index (χ3v) is 9.60. The molecule has 0 bridgehead atoms. The molecule has 1 amide bonds. The van der Waals surface area contributed by atoms with Crippen LogP contribution in [0.1, 0.15) is 108 Å². The zero-order valence-corrected chi connectivity index (χ0v) is 30.9. The quantitative estimate of drug-likeness (QED) is 0.133. The number of nitrogens with one attached hydrogen (secondary N) is 1. The van der Waals surface area contributed by atoms with Crippen LogP contribution < -0.4 is 9.50 Å². The number of Topliss-reactive ketones (excluding diaryl/α,β-unsaturated/α-hetero) is 2. The van der Waals surface area contributed by atoms with Gasteiger partial charge >= 0.3 is 10.1 Å². The average molecular weight is 674 g/mol. The van der Waals surface area contributed by atoms with Crippen LogP contribution in [0, 0.1) is 10.8 Å². The van der Waals surface area contributed by atoms with Crippen molar-refractivity contribution in [3.05, 3.63) is 54.6 Å². The first-order chi connectivity index (χ1) is 21.5. The Balaban J connectivity index is 2.29. The van der Waals surface area contributed by atoms with E-state index in [9.17, 15) is 22.8 Å². The Bertz CT molecular complexity index is 1470. The number of carbonyl (C=O) groups excluding carboxylic acids is 3. The molecular weight excluding hydrogens is 618 g/mol. The summed E-state index contributed by atoms with van der Waals surface area (Å²) in [7, 11) is -4.26. The summed E-state index contributed by atoms with van der Waals surface area (Å²) in [6.45, 7) is 20.3. The lowest BCUT2D eigenvalue weighted by molar-refractivity contribution is -0.176. The summed E-state index contributed by atoms with van der Waals surface area (Å²) in [4.78, 5) is 39.5. The van der Waals surface area contributed by atoms with Crippen LogP contribution in [-0.2, 0) is 34.0 Å². The molecule has 0 aliphatic carbocycles. The monoisotopic (exact) mass is 673 g/mol. The highest BCUT2D eigenvalue weighted by Crippen LogP contribution is 2.39. The number of hydrogen-bond acceptors (Lipinski definition) is 8. The van der Waals surface area contributed by atoms with Crippen molar-refractivity contribution in [1.82, 2.24) is 0 Å². The molecule has 0 fully saturated rings. The van der Waals surface area contributed by atoms with E-state index in [0.29, 0.717) is 25.7 Å². The second-order valence-corrected chi connectivity index (χ2v) is 16.6. The summed E-state index contributed by atoms with van der Waals surface area (Å²) >= 11 is 0. The summed E-state index contributed by atoms with van der Waals surface area (Å²) in [6.07, 6.45) is 0.661. The molecule has 0 aromatic heterocycles. The van der Waals surface area contributed by atoms with Crippen molar-refractivity contribution in [2.24, 2.45) is 10.8 Å². The van der Waals surface area contributed by atoms with Crippen LogP contribution in [0.15, 0.2) is 59.5 Å². The highest BCUT2D eigenvalue weighted by molar-refractivity contribution is 7.87. The van der Waals surface area contributed by atoms with Gasteiger partial charge in [-0.05, 0) is 78.6 Å². The van der Waals surface area contributed by atoms with E-state index in [4.69, 9.17) is 13.7 Å². The fraction of sp³-hybridized carbons (Fsp3) is 0.595. The van der Waals surface area contributed by atoms with Gasteiger partial charge in [0.25, 0.3) is 0 Å². The van der Waals surface area contributed by atoms with E-state index in [1.165, 1.54) is 24.3 Å². The number of hydrogen-bond donors (Lipinski definition) is 1. The molecule has 2 aromatic rings. The van der Waals surface area contributed by atoms with Crippen molar-refractivity contribution in [2.75, 3.05) is 5.32 Å². The molecule has 0 heterocycles. The van der Waals surface area contributed by atoms with Gasteiger partial charge < -0.3 is 19.0 Å². The first-order valence-corrected chi connectivity index (χ1v) is 17.7. The van der Waals surface area contributed by atoms with Crippen molar-refractivity contribution in [3.63, 3.8) is 0 Å². The van der Waals surface area contributed by atoms with Gasteiger partial charge in [-0.15, -0.1) is 0 Å². The van der Waals surface area contributed by atoms with Gasteiger partial charge in [-0.2, -0.15) is 8.42 Å². The summed E-state index contributed by atoms with van der Waals surface area (Å²) in [5.74, 6) is -0.293. The van der Waals surface area contributed by atoms with Gasteiger partial charge in [0.2, 0.25) is 5.91 Å². The molecule has 1 N–H and O–H groups in total. The molecule has 10 heteroatoms. The van der Waals surface area contributed by atoms with Crippen molar-refractivity contribution >= 4 is 33.3 Å². The number of ether oxygens (including phenoxy) is 2. The van der Waals surface area contributed by atoms with Crippen LogP contribution in [0.2, 0.25) is 0 Å². The minimum atomic E-state index is -4.26. The molecule has 0 aliphatic heterocycles. The predicted molar refractivity (Wildman–Crippen MR) is 185 cm³/mol. The summed E-state index contributed by atoms with van der Waals surface area (Å²) in [5, 5.41) is 2.73. The maximum atomic E-state index is 13.6. The van der Waals surface area contributed by atoms with E-state index in [1.54, 1.807) is 37.3 Å². The molecule has 262 valence electrons. The lowest BCUT2D eigenvalue weighted by Crippen LogP contribution is -2.53. The first-order valence-electron chi connectivity index (χ1n) is 16.3. The van der Waals surface area contributed by atoms with Crippen molar-refractivity contribution in [2.45, 2.75) is 137 Å². The highest BCUT2D eigenvalue weighted by Gasteiger charge is 2.47. The molecule has 0 radical (unpaired) electrons. The van der Waals surface area contributed by atoms with E-state index in [0.717, 1.165) is 0 Å². The Kier molecular flexibility index (Phi) is 13.5. The fourth-order valence-electron chi connectivity index (χ4n) is 5.03. The fourth-order valence-corrected chi connectivity index (χ4v) is 6.12. The predicted octanol–water partition coefficient (Wildman–Crippen LogP) is 7.92. The van der Waals surface area contributed by atoms with Gasteiger partial charge in [0.15, 0.2) is 5.78 Å². The normalized spacial score (nSPS) is 14.3. The molecule has 0 saturated heterocycles. The van der Waals surface area contributed by atoms with Crippen molar-refractivity contribution < 1.29 is 36.5 Å². The number of benzene rings is 2. The van der Waals surface area contributed by atoms with Crippen molar-refractivity contribution in [3.8, 4) is 5.75 Å². The Labute approximate surface area is 282 Å². The number of para-hydroxylation sites is 2. The third-order valence-electron chi connectivity index (χ3n) is 8.29. The highest BCUT2D eigenvalue weighted by atomic mass is 32.2. The molecule has 0 saturated carbocycles. The lowest BCUT2D eigenvalue weighted by Gasteiger charge is -2.44. The minimum absolute atomic E-state index is 0.0749. The summed E-state index contributed by atoms with van der Waals surface area (Å²) < 4.78 is 44.2. The van der Waals surface area contributed by atoms with Gasteiger partial charge in [0, 0.05) is 11.8 Å². The van der Waals surface area contributed by atoms with Crippen LogP contribution in [0.3, 0.4) is 0 Å². The SMILES string of the molecule is CC(OC(C)(C)C)C(=O)C(C)(C)C(C)(C)OC(CCCCC(=O)C(C)(C)C)CC(=O)Nc1ccccc1S(=O)(=O)Oc1ccccc1. The number of ketones is 2. The molecule has 9 nitrogen and oxygen atoms in total. The first kappa shape index (κ1) is 40.1. The maximum absolute atomic E-state index is 13.6. The molecule has 47 heavy (non-hydrogen) atoms. The zero-order valence-electron chi connectivity index (χ0n) is 30.1. The summed E-state index contributed by atoms with van der Waals surface area (Å²) in [6, 6.07) is 14.1. The van der Waals surface area contributed by atoms with Crippen LogP contribution >= 0.6 is 0 Å². The maximum Gasteiger partial charge on any atom is 0.341 e. The van der Waals surface area contributed by atoms with Crippen LogP contribution in [-0.4, -0.2) is 49.3 Å². The molecule has 2 atom stereocenters.